The number of phenols is 1. The Kier molecular flexibility index (Phi) is 4.13. The van der Waals surface area contributed by atoms with Crippen LogP contribution in [0.5, 0.6) is 11.5 Å². The number of aliphatic hydroxyl groups is 1. The van der Waals surface area contributed by atoms with Crippen molar-refractivity contribution in [1.29, 1.82) is 0 Å². The molecule has 2 fully saturated rings. The zero-order chi connectivity index (χ0) is 21.4. The van der Waals surface area contributed by atoms with Crippen LogP contribution in [0, 0.1) is 0 Å². The van der Waals surface area contributed by atoms with Crippen LogP contribution in [-0.2, 0) is 21.4 Å². The number of benzene rings is 1. The highest BCUT2D eigenvalue weighted by atomic mass is 16.5. The predicted octanol–water partition coefficient (Wildman–Crippen LogP) is -0.537. The lowest BCUT2D eigenvalue weighted by atomic mass is 9.48. The summed E-state index contributed by atoms with van der Waals surface area (Å²) in [6.45, 7) is 0.764. The monoisotopic (exact) mass is 417 g/mol. The second-order valence-corrected chi connectivity index (χ2v) is 9.19. The first-order chi connectivity index (χ1) is 14.2. The van der Waals surface area contributed by atoms with Crippen LogP contribution in [0.3, 0.4) is 0 Å². The summed E-state index contributed by atoms with van der Waals surface area (Å²) in [5, 5.41) is 34.4. The van der Waals surface area contributed by atoms with E-state index in [1.807, 2.05) is 13.1 Å². The minimum atomic E-state index is -1.16. The van der Waals surface area contributed by atoms with E-state index in [1.165, 1.54) is 0 Å². The van der Waals surface area contributed by atoms with Crippen LogP contribution in [0.1, 0.15) is 36.8 Å². The van der Waals surface area contributed by atoms with Gasteiger partial charge in [-0.3, -0.25) is 9.59 Å². The van der Waals surface area contributed by atoms with Gasteiger partial charge in [0.25, 0.3) is 0 Å². The van der Waals surface area contributed by atoms with Gasteiger partial charge in [0.2, 0.25) is 5.91 Å². The Labute approximate surface area is 173 Å². The number of aliphatic carboxylic acids is 1. The van der Waals surface area contributed by atoms with E-state index in [4.69, 9.17) is 15.6 Å². The van der Waals surface area contributed by atoms with Gasteiger partial charge in [-0.2, -0.15) is 0 Å². The quantitative estimate of drug-likeness (QED) is 0.439. The molecule has 1 spiro atoms. The van der Waals surface area contributed by atoms with E-state index in [2.05, 4.69) is 10.2 Å². The topological polar surface area (TPSA) is 145 Å². The molecule has 6 atom stereocenters. The molecule has 1 aromatic rings. The first-order valence-electron chi connectivity index (χ1n) is 10.4. The second-order valence-electron chi connectivity index (χ2n) is 9.19. The number of piperidine rings is 1. The molecule has 2 bridgehead atoms. The molecule has 9 nitrogen and oxygen atoms in total. The van der Waals surface area contributed by atoms with Crippen molar-refractivity contribution in [3.8, 4) is 11.5 Å². The van der Waals surface area contributed by atoms with E-state index in [1.54, 1.807) is 6.07 Å². The van der Waals surface area contributed by atoms with Crippen LogP contribution < -0.4 is 15.8 Å². The number of carboxylic acids is 1. The minimum absolute atomic E-state index is 0.0323. The van der Waals surface area contributed by atoms with Crippen molar-refractivity contribution in [2.45, 2.75) is 67.3 Å². The molecular formula is C21H27N3O6. The van der Waals surface area contributed by atoms with Crippen molar-refractivity contribution < 1.29 is 29.6 Å². The standard InChI is InChI=1S/C21H27N3O6/c1-24-7-6-20-16-10-2-3-13(25)17(16)30-18(20)12(4-5-21(20,29)14(24)8-10)23-19(28)11(22)9-15(26)27/h2-3,11-12,14,18,25,29H,4-9,22H2,1H3,(H,23,28)(H,26,27)/t11?,12?,14-,18+,20+,21-/m1/s1. The molecule has 162 valence electrons. The molecule has 2 heterocycles. The van der Waals surface area contributed by atoms with Crippen LogP contribution in [0.2, 0.25) is 0 Å². The molecule has 1 saturated carbocycles. The van der Waals surface area contributed by atoms with Gasteiger partial charge >= 0.3 is 5.97 Å². The number of rotatable bonds is 4. The van der Waals surface area contributed by atoms with Crippen LogP contribution in [-0.4, -0.2) is 75.5 Å². The van der Waals surface area contributed by atoms with Crippen molar-refractivity contribution in [3.05, 3.63) is 23.3 Å². The van der Waals surface area contributed by atoms with Crippen molar-refractivity contribution in [2.75, 3.05) is 13.6 Å². The normalized spacial score (nSPS) is 37.1. The third-order valence-corrected chi connectivity index (χ3v) is 7.79. The molecule has 30 heavy (non-hydrogen) atoms. The molecule has 4 aliphatic rings. The van der Waals surface area contributed by atoms with Crippen LogP contribution in [0.4, 0.5) is 0 Å². The molecule has 2 unspecified atom stereocenters. The number of hydrogen-bond donors (Lipinski definition) is 5. The van der Waals surface area contributed by atoms with Gasteiger partial charge in [-0.1, -0.05) is 6.07 Å². The Morgan fingerprint density at radius 1 is 1.40 bits per heavy atom. The van der Waals surface area contributed by atoms with Crippen LogP contribution in [0.15, 0.2) is 12.1 Å². The summed E-state index contributed by atoms with van der Waals surface area (Å²) in [6.07, 6.45) is 1.23. The first kappa shape index (κ1) is 19.6. The highest BCUT2D eigenvalue weighted by molar-refractivity contribution is 5.86. The van der Waals surface area contributed by atoms with E-state index < -0.39 is 47.5 Å². The number of nitrogens with zero attached hydrogens (tertiary/aromatic N) is 1. The highest BCUT2D eigenvalue weighted by Crippen LogP contribution is 2.65. The summed E-state index contributed by atoms with van der Waals surface area (Å²) in [6, 6.07) is 1.84. The molecule has 1 aromatic carbocycles. The molecular weight excluding hydrogens is 390 g/mol. The predicted molar refractivity (Wildman–Crippen MR) is 105 cm³/mol. The molecule has 6 N–H and O–H groups in total. The van der Waals surface area contributed by atoms with Gasteiger partial charge in [0.15, 0.2) is 11.5 Å². The lowest BCUT2D eigenvalue weighted by molar-refractivity contribution is -0.187. The summed E-state index contributed by atoms with van der Waals surface area (Å²) in [7, 11) is 2.02. The fourth-order valence-corrected chi connectivity index (χ4v) is 6.47. The van der Waals surface area contributed by atoms with E-state index >= 15 is 0 Å². The summed E-state index contributed by atoms with van der Waals surface area (Å²) >= 11 is 0. The van der Waals surface area contributed by atoms with Gasteiger partial charge in [0.05, 0.1) is 29.5 Å². The van der Waals surface area contributed by atoms with Gasteiger partial charge in [-0.25, -0.2) is 0 Å². The fraction of sp³-hybridized carbons (Fsp3) is 0.619. The average molecular weight is 417 g/mol. The number of amides is 1. The van der Waals surface area contributed by atoms with Crippen molar-refractivity contribution in [1.82, 2.24) is 10.2 Å². The number of carbonyl (C=O) groups excluding carboxylic acids is 1. The lowest BCUT2D eigenvalue weighted by Gasteiger charge is -2.63. The molecule has 5 rings (SSSR count). The molecule has 1 saturated heterocycles. The maximum absolute atomic E-state index is 12.6. The molecule has 0 radical (unpaired) electrons. The Hall–Kier alpha value is -2.36. The Bertz CT molecular complexity index is 938. The Morgan fingerprint density at radius 2 is 2.17 bits per heavy atom. The van der Waals surface area contributed by atoms with Gasteiger partial charge in [0.1, 0.15) is 6.10 Å². The largest absolute Gasteiger partial charge is 0.504 e. The van der Waals surface area contributed by atoms with Gasteiger partial charge < -0.3 is 36.0 Å². The van der Waals surface area contributed by atoms with Crippen LogP contribution in [0.25, 0.3) is 0 Å². The highest BCUT2D eigenvalue weighted by Gasteiger charge is 2.72. The fourth-order valence-electron chi connectivity index (χ4n) is 6.47. The number of ether oxygens (including phenoxy) is 1. The molecule has 0 aromatic heterocycles. The van der Waals surface area contributed by atoms with Crippen molar-refractivity contribution >= 4 is 11.9 Å². The molecule has 2 aliphatic heterocycles. The number of likely N-dealkylation sites (N-methyl/N-ethyl adjacent to an activating group) is 1. The zero-order valence-corrected chi connectivity index (χ0v) is 16.8. The number of likely N-dealkylation sites (tertiary alicyclic amines) is 1. The average Bonchev–Trinajstić information content (AvgIpc) is 3.04. The summed E-state index contributed by atoms with van der Waals surface area (Å²) in [4.78, 5) is 25.7. The van der Waals surface area contributed by atoms with Crippen molar-refractivity contribution in [2.24, 2.45) is 5.73 Å². The first-order valence-corrected chi connectivity index (χ1v) is 10.4. The third kappa shape index (κ3) is 2.34. The maximum Gasteiger partial charge on any atom is 0.305 e. The van der Waals surface area contributed by atoms with Crippen LogP contribution >= 0.6 is 0 Å². The van der Waals surface area contributed by atoms with Crippen molar-refractivity contribution in [3.63, 3.8) is 0 Å². The molecule has 1 amide bonds. The van der Waals surface area contributed by atoms with Gasteiger partial charge in [-0.15, -0.1) is 0 Å². The maximum atomic E-state index is 12.6. The van der Waals surface area contributed by atoms with E-state index in [0.29, 0.717) is 31.4 Å². The van der Waals surface area contributed by atoms with E-state index in [0.717, 1.165) is 17.7 Å². The summed E-state index contributed by atoms with van der Waals surface area (Å²) in [5.74, 6) is -1.26. The number of nitrogens with one attached hydrogen (secondary N) is 1. The van der Waals surface area contributed by atoms with Gasteiger partial charge in [0, 0.05) is 11.6 Å². The number of carboxylic acid groups (broad SMARTS) is 1. The smallest absolute Gasteiger partial charge is 0.305 e. The number of phenolic OH excluding ortho intramolecular Hbond substituents is 1. The molecule has 2 aliphatic carbocycles. The summed E-state index contributed by atoms with van der Waals surface area (Å²) in [5.41, 5.74) is 5.90. The lowest BCUT2D eigenvalue weighted by Crippen LogP contribution is -2.78. The Balaban J connectivity index is 1.56. The third-order valence-electron chi connectivity index (χ3n) is 7.79. The Morgan fingerprint density at radius 3 is 2.90 bits per heavy atom. The molecule has 9 heteroatoms. The number of hydrogen-bond acceptors (Lipinski definition) is 7. The van der Waals surface area contributed by atoms with Gasteiger partial charge in [-0.05, 0) is 50.9 Å². The minimum Gasteiger partial charge on any atom is -0.504 e. The number of carbonyl (C=O) groups is 2. The second kappa shape index (κ2) is 6.32. The van der Waals surface area contributed by atoms with E-state index in [-0.39, 0.29) is 11.8 Å². The zero-order valence-electron chi connectivity index (χ0n) is 16.8. The SMILES string of the molecule is CN1CC[C@]23c4c5ccc(O)c4O[C@H]2C(NC(=O)C(N)CC(=O)O)CC[C@@]3(O)[C@H]1C5. The summed E-state index contributed by atoms with van der Waals surface area (Å²) < 4.78 is 6.28. The number of aromatic hydroxyl groups is 1. The van der Waals surface area contributed by atoms with E-state index in [9.17, 15) is 19.8 Å². The number of nitrogens with two attached hydrogens (primary N) is 1.